The number of amides is 1. The predicted molar refractivity (Wildman–Crippen MR) is 118 cm³/mol. The zero-order chi connectivity index (χ0) is 22.8. The highest BCUT2D eigenvalue weighted by molar-refractivity contribution is 7.92. The lowest BCUT2D eigenvalue weighted by molar-refractivity contribution is 0.101. The van der Waals surface area contributed by atoms with E-state index in [-0.39, 0.29) is 37.7 Å². The number of rotatable bonds is 6. The lowest BCUT2D eigenvalue weighted by atomic mass is 10.1. The standard InChI is InChI=1S/C21H15Cl2FN2O4S/c1-12(27)13-2-6-16(7-3-13)31(29,30)26-20-10-14(22)4-8-17(20)21(28)25-15-5-9-19(24)18(23)11-15/h2-11,26H,1H3,(H,25,28). The van der Waals surface area contributed by atoms with Crippen molar-refractivity contribution in [1.82, 2.24) is 0 Å². The van der Waals surface area contributed by atoms with E-state index in [9.17, 15) is 22.4 Å². The van der Waals surface area contributed by atoms with E-state index in [2.05, 4.69) is 10.0 Å². The van der Waals surface area contributed by atoms with Gasteiger partial charge >= 0.3 is 0 Å². The van der Waals surface area contributed by atoms with Gasteiger partial charge in [-0.1, -0.05) is 35.3 Å². The molecule has 0 bridgehead atoms. The number of benzene rings is 3. The first kappa shape index (κ1) is 22.7. The van der Waals surface area contributed by atoms with E-state index in [0.29, 0.717) is 5.56 Å². The summed E-state index contributed by atoms with van der Waals surface area (Å²) in [5.41, 5.74) is 0.502. The van der Waals surface area contributed by atoms with Gasteiger partial charge in [-0.15, -0.1) is 0 Å². The van der Waals surface area contributed by atoms with Gasteiger partial charge in [-0.05, 0) is 55.5 Å². The van der Waals surface area contributed by atoms with E-state index in [1.165, 1.54) is 61.5 Å². The Kier molecular flexibility index (Phi) is 6.64. The number of anilines is 2. The minimum Gasteiger partial charge on any atom is -0.322 e. The number of hydrogen-bond donors (Lipinski definition) is 2. The molecule has 31 heavy (non-hydrogen) atoms. The maximum absolute atomic E-state index is 13.3. The summed E-state index contributed by atoms with van der Waals surface area (Å²) in [4.78, 5) is 24.0. The molecule has 3 aromatic carbocycles. The molecule has 2 N–H and O–H groups in total. The van der Waals surface area contributed by atoms with Crippen molar-refractivity contribution in [3.8, 4) is 0 Å². The minimum atomic E-state index is -4.08. The maximum atomic E-state index is 13.3. The molecule has 10 heteroatoms. The van der Waals surface area contributed by atoms with Crippen molar-refractivity contribution < 1.29 is 22.4 Å². The van der Waals surface area contributed by atoms with E-state index in [4.69, 9.17) is 23.2 Å². The number of hydrogen-bond acceptors (Lipinski definition) is 4. The molecule has 160 valence electrons. The monoisotopic (exact) mass is 480 g/mol. The molecule has 3 aromatic rings. The minimum absolute atomic E-state index is 0.0196. The van der Waals surface area contributed by atoms with Crippen LogP contribution in [0.15, 0.2) is 65.6 Å². The SMILES string of the molecule is CC(=O)c1ccc(S(=O)(=O)Nc2cc(Cl)ccc2C(=O)Nc2ccc(F)c(Cl)c2)cc1. The fourth-order valence-corrected chi connectivity index (χ4v) is 4.07. The summed E-state index contributed by atoms with van der Waals surface area (Å²) in [5, 5.41) is 2.55. The van der Waals surface area contributed by atoms with E-state index in [1.807, 2.05) is 0 Å². The number of carbonyl (C=O) groups is 2. The molecule has 0 aliphatic heterocycles. The van der Waals surface area contributed by atoms with Gasteiger partial charge in [-0.3, -0.25) is 14.3 Å². The van der Waals surface area contributed by atoms with Crippen molar-refractivity contribution >= 4 is 56.3 Å². The van der Waals surface area contributed by atoms with Crippen LogP contribution in [0.25, 0.3) is 0 Å². The van der Waals surface area contributed by atoms with E-state index in [0.717, 1.165) is 6.07 Å². The summed E-state index contributed by atoms with van der Waals surface area (Å²) in [7, 11) is -4.08. The van der Waals surface area contributed by atoms with Crippen molar-refractivity contribution in [1.29, 1.82) is 0 Å². The Morgan fingerprint density at radius 3 is 2.23 bits per heavy atom. The molecule has 0 saturated carbocycles. The Morgan fingerprint density at radius 1 is 0.935 bits per heavy atom. The molecule has 0 aromatic heterocycles. The van der Waals surface area contributed by atoms with Crippen molar-refractivity contribution in [3.05, 3.63) is 87.7 Å². The first-order chi connectivity index (χ1) is 14.6. The highest BCUT2D eigenvalue weighted by Crippen LogP contribution is 2.26. The molecule has 6 nitrogen and oxygen atoms in total. The van der Waals surface area contributed by atoms with Gasteiger partial charge in [0.25, 0.3) is 15.9 Å². The topological polar surface area (TPSA) is 92.3 Å². The first-order valence-corrected chi connectivity index (χ1v) is 11.0. The molecular weight excluding hydrogens is 466 g/mol. The van der Waals surface area contributed by atoms with Crippen LogP contribution in [-0.2, 0) is 10.0 Å². The van der Waals surface area contributed by atoms with E-state index in [1.54, 1.807) is 0 Å². The first-order valence-electron chi connectivity index (χ1n) is 8.76. The molecule has 0 saturated heterocycles. The van der Waals surface area contributed by atoms with Gasteiger partial charge in [-0.2, -0.15) is 0 Å². The quantitative estimate of drug-likeness (QED) is 0.462. The Labute approximate surface area is 188 Å². The molecule has 0 spiro atoms. The van der Waals surface area contributed by atoms with Crippen molar-refractivity contribution in [2.45, 2.75) is 11.8 Å². The van der Waals surface area contributed by atoms with Crippen molar-refractivity contribution in [2.75, 3.05) is 10.0 Å². The van der Waals surface area contributed by atoms with Crippen molar-refractivity contribution in [3.63, 3.8) is 0 Å². The molecule has 0 unspecified atom stereocenters. The molecule has 0 aliphatic rings. The molecule has 0 atom stereocenters. The second-order valence-electron chi connectivity index (χ2n) is 6.46. The van der Waals surface area contributed by atoms with Gasteiger partial charge in [0.2, 0.25) is 0 Å². The highest BCUT2D eigenvalue weighted by Gasteiger charge is 2.20. The van der Waals surface area contributed by atoms with Crippen LogP contribution in [-0.4, -0.2) is 20.1 Å². The van der Waals surface area contributed by atoms with Crippen LogP contribution in [0.5, 0.6) is 0 Å². The third-order valence-electron chi connectivity index (χ3n) is 4.22. The molecule has 1 amide bonds. The summed E-state index contributed by atoms with van der Waals surface area (Å²) < 4.78 is 41.2. The number of ketones is 1. The summed E-state index contributed by atoms with van der Waals surface area (Å²) in [6, 6.07) is 13.0. The zero-order valence-corrected chi connectivity index (χ0v) is 18.3. The van der Waals surface area contributed by atoms with Crippen LogP contribution in [0.3, 0.4) is 0 Å². The fourth-order valence-electron chi connectivity index (χ4n) is 2.64. The number of sulfonamides is 1. The van der Waals surface area contributed by atoms with Gasteiger partial charge in [-0.25, -0.2) is 12.8 Å². The number of halogens is 3. The Morgan fingerprint density at radius 2 is 1.61 bits per heavy atom. The summed E-state index contributed by atoms with van der Waals surface area (Å²) in [6.45, 7) is 1.37. The second kappa shape index (κ2) is 9.05. The van der Waals surface area contributed by atoms with Crippen LogP contribution in [0.4, 0.5) is 15.8 Å². The summed E-state index contributed by atoms with van der Waals surface area (Å²) in [5.74, 6) is -1.51. The number of carbonyl (C=O) groups excluding carboxylic acids is 2. The van der Waals surface area contributed by atoms with Gasteiger partial charge in [0, 0.05) is 16.3 Å². The highest BCUT2D eigenvalue weighted by atomic mass is 35.5. The average Bonchev–Trinajstić information content (AvgIpc) is 2.70. The van der Waals surface area contributed by atoms with Gasteiger partial charge in [0.1, 0.15) is 5.82 Å². The Hall–Kier alpha value is -2.94. The Bertz CT molecular complexity index is 1280. The lowest BCUT2D eigenvalue weighted by Gasteiger charge is -2.14. The van der Waals surface area contributed by atoms with Crippen LogP contribution in [0.2, 0.25) is 10.0 Å². The smallest absolute Gasteiger partial charge is 0.261 e. The molecule has 0 aliphatic carbocycles. The zero-order valence-electron chi connectivity index (χ0n) is 15.9. The van der Waals surface area contributed by atoms with E-state index >= 15 is 0 Å². The van der Waals surface area contributed by atoms with Gasteiger partial charge in [0.15, 0.2) is 5.78 Å². The number of Topliss-reactive ketones (excluding diaryl/α,β-unsaturated/α-hetero) is 1. The molecule has 0 heterocycles. The fraction of sp³-hybridized carbons (Fsp3) is 0.0476. The molecule has 0 fully saturated rings. The lowest BCUT2D eigenvalue weighted by Crippen LogP contribution is -2.19. The van der Waals surface area contributed by atoms with Crippen LogP contribution in [0.1, 0.15) is 27.6 Å². The van der Waals surface area contributed by atoms with Crippen molar-refractivity contribution in [2.24, 2.45) is 0 Å². The van der Waals surface area contributed by atoms with Crippen LogP contribution in [0, 0.1) is 5.82 Å². The van der Waals surface area contributed by atoms with Crippen LogP contribution >= 0.6 is 23.2 Å². The maximum Gasteiger partial charge on any atom is 0.261 e. The normalized spacial score (nSPS) is 11.1. The summed E-state index contributed by atoms with van der Waals surface area (Å²) >= 11 is 11.7. The average molecular weight is 481 g/mol. The second-order valence-corrected chi connectivity index (χ2v) is 8.99. The molecular formula is C21H15Cl2FN2O4S. The van der Waals surface area contributed by atoms with Crippen LogP contribution < -0.4 is 10.0 Å². The molecule has 3 rings (SSSR count). The number of nitrogens with one attached hydrogen (secondary N) is 2. The van der Waals surface area contributed by atoms with E-state index < -0.39 is 21.7 Å². The predicted octanol–water partition coefficient (Wildman–Crippen LogP) is 5.39. The largest absolute Gasteiger partial charge is 0.322 e. The molecule has 0 radical (unpaired) electrons. The van der Waals surface area contributed by atoms with Gasteiger partial charge < -0.3 is 5.32 Å². The summed E-state index contributed by atoms with van der Waals surface area (Å²) in [6.07, 6.45) is 0. The Balaban J connectivity index is 1.90. The third-order valence-corrected chi connectivity index (χ3v) is 6.13. The van der Waals surface area contributed by atoms with Gasteiger partial charge in [0.05, 0.1) is 21.2 Å². The third kappa shape index (κ3) is 5.41.